The van der Waals surface area contributed by atoms with E-state index in [0.717, 1.165) is 24.1 Å². The zero-order chi connectivity index (χ0) is 14.1. The number of hydrogen-bond donors (Lipinski definition) is 3. The normalized spacial score (nSPS) is 25.4. The quantitative estimate of drug-likeness (QED) is 0.798. The molecule has 2 unspecified atom stereocenters. The van der Waals surface area contributed by atoms with E-state index in [2.05, 4.69) is 10.6 Å². The summed E-state index contributed by atoms with van der Waals surface area (Å²) in [5.41, 5.74) is 0.706. The first-order valence-electron chi connectivity index (χ1n) is 7.02. The highest BCUT2D eigenvalue weighted by atomic mass is 32.1. The van der Waals surface area contributed by atoms with Crippen LogP contribution >= 0.6 is 11.3 Å². The molecule has 2 aliphatic carbocycles. The van der Waals surface area contributed by atoms with Gasteiger partial charge >= 0.3 is 6.09 Å². The Bertz CT molecular complexity index is 522. The molecule has 2 aliphatic rings. The molecule has 0 saturated heterocycles. The van der Waals surface area contributed by atoms with E-state index in [0.29, 0.717) is 11.6 Å². The van der Waals surface area contributed by atoms with Crippen molar-refractivity contribution in [3.8, 4) is 0 Å². The lowest BCUT2D eigenvalue weighted by Crippen LogP contribution is -2.32. The molecule has 5 nitrogen and oxygen atoms in total. The molecule has 0 radical (unpaired) electrons. The summed E-state index contributed by atoms with van der Waals surface area (Å²) in [5, 5.41) is 16.1. The topological polar surface area (TPSA) is 78.4 Å². The maximum absolute atomic E-state index is 12.1. The number of rotatable bonds is 4. The fourth-order valence-electron chi connectivity index (χ4n) is 2.83. The second kappa shape index (κ2) is 5.44. The highest BCUT2D eigenvalue weighted by Crippen LogP contribution is 2.43. The smallest absolute Gasteiger partial charge is 0.404 e. The van der Waals surface area contributed by atoms with Crippen LogP contribution < -0.4 is 10.6 Å². The van der Waals surface area contributed by atoms with Gasteiger partial charge in [-0.05, 0) is 25.3 Å². The summed E-state index contributed by atoms with van der Waals surface area (Å²) in [6.07, 6.45) is 4.41. The third-order valence-corrected chi connectivity index (χ3v) is 5.10. The van der Waals surface area contributed by atoms with Crippen LogP contribution in [-0.2, 0) is 0 Å². The van der Waals surface area contributed by atoms with E-state index in [1.54, 1.807) is 11.3 Å². The van der Waals surface area contributed by atoms with Crippen LogP contribution in [0.15, 0.2) is 11.4 Å². The van der Waals surface area contributed by atoms with Gasteiger partial charge in [-0.1, -0.05) is 12.8 Å². The summed E-state index contributed by atoms with van der Waals surface area (Å²) in [6.45, 7) is 0. The van der Waals surface area contributed by atoms with Gasteiger partial charge < -0.3 is 15.7 Å². The lowest BCUT2D eigenvalue weighted by atomic mass is 10.2. The molecule has 2 atom stereocenters. The van der Waals surface area contributed by atoms with Crippen LogP contribution in [0.25, 0.3) is 0 Å². The molecular weight excluding hydrogens is 276 g/mol. The maximum atomic E-state index is 12.1. The molecule has 2 saturated carbocycles. The lowest BCUT2D eigenvalue weighted by molar-refractivity contribution is 0.0938. The molecule has 108 valence electrons. The molecule has 3 N–H and O–H groups in total. The van der Waals surface area contributed by atoms with Crippen molar-refractivity contribution in [2.24, 2.45) is 0 Å². The minimum absolute atomic E-state index is 0.00259. The molecule has 20 heavy (non-hydrogen) atoms. The summed E-state index contributed by atoms with van der Waals surface area (Å²) < 4.78 is 0. The first kappa shape index (κ1) is 13.4. The van der Waals surface area contributed by atoms with Crippen LogP contribution in [0, 0.1) is 0 Å². The SMILES string of the molecule is O=C(O)NC1CC1c1cc(C(=O)NC2CCCC2)cs1. The summed E-state index contributed by atoms with van der Waals surface area (Å²) in [4.78, 5) is 23.8. The van der Waals surface area contributed by atoms with Crippen LogP contribution in [-0.4, -0.2) is 29.2 Å². The number of carbonyl (C=O) groups is 2. The minimum Gasteiger partial charge on any atom is -0.465 e. The number of carboxylic acid groups (broad SMARTS) is 1. The standard InChI is InChI=1S/C14H18N2O3S/c17-13(15-9-3-1-2-4-9)8-5-12(20-7-8)10-6-11(10)16-14(18)19/h5,7,9-11,16H,1-4,6H2,(H,15,17)(H,18,19). The third-order valence-electron chi connectivity index (χ3n) is 4.04. The van der Waals surface area contributed by atoms with Gasteiger partial charge in [0.2, 0.25) is 0 Å². The Kier molecular flexibility index (Phi) is 3.65. The average molecular weight is 294 g/mol. The monoisotopic (exact) mass is 294 g/mol. The largest absolute Gasteiger partial charge is 0.465 e. The number of amides is 2. The van der Waals surface area contributed by atoms with Crippen LogP contribution in [0.2, 0.25) is 0 Å². The maximum Gasteiger partial charge on any atom is 0.404 e. The van der Waals surface area contributed by atoms with Gasteiger partial charge in [0, 0.05) is 28.3 Å². The second-order valence-corrected chi connectivity index (χ2v) is 6.53. The Hall–Kier alpha value is -1.56. The van der Waals surface area contributed by atoms with Gasteiger partial charge in [-0.2, -0.15) is 0 Å². The van der Waals surface area contributed by atoms with Gasteiger partial charge in [-0.25, -0.2) is 4.79 Å². The third kappa shape index (κ3) is 2.95. The van der Waals surface area contributed by atoms with Crippen molar-refractivity contribution in [2.75, 3.05) is 0 Å². The second-order valence-electron chi connectivity index (χ2n) is 5.59. The zero-order valence-electron chi connectivity index (χ0n) is 11.1. The van der Waals surface area contributed by atoms with Gasteiger partial charge in [0.15, 0.2) is 0 Å². The van der Waals surface area contributed by atoms with E-state index < -0.39 is 6.09 Å². The number of hydrogen-bond acceptors (Lipinski definition) is 3. The van der Waals surface area contributed by atoms with Crippen molar-refractivity contribution in [2.45, 2.75) is 50.1 Å². The Labute approximate surface area is 121 Å². The molecule has 0 spiro atoms. The summed E-state index contributed by atoms with van der Waals surface area (Å²) in [7, 11) is 0. The number of thiophene rings is 1. The molecule has 0 aliphatic heterocycles. The molecule has 1 heterocycles. The van der Waals surface area contributed by atoms with Crippen molar-refractivity contribution < 1.29 is 14.7 Å². The first-order chi connectivity index (χ1) is 9.63. The van der Waals surface area contributed by atoms with Gasteiger partial charge in [-0.15, -0.1) is 11.3 Å². The molecule has 3 rings (SSSR count). The van der Waals surface area contributed by atoms with Crippen LogP contribution in [0.3, 0.4) is 0 Å². The molecular formula is C14H18N2O3S. The van der Waals surface area contributed by atoms with Crippen molar-refractivity contribution in [1.29, 1.82) is 0 Å². The Morgan fingerprint density at radius 2 is 2.00 bits per heavy atom. The van der Waals surface area contributed by atoms with Crippen LogP contribution in [0.1, 0.15) is 53.3 Å². The van der Waals surface area contributed by atoms with E-state index in [4.69, 9.17) is 5.11 Å². The first-order valence-corrected chi connectivity index (χ1v) is 7.90. The molecule has 1 aromatic heterocycles. The average Bonchev–Trinajstić information content (AvgIpc) is 2.85. The van der Waals surface area contributed by atoms with E-state index in [9.17, 15) is 9.59 Å². The van der Waals surface area contributed by atoms with E-state index in [-0.39, 0.29) is 17.9 Å². The van der Waals surface area contributed by atoms with Crippen molar-refractivity contribution in [3.63, 3.8) is 0 Å². The molecule has 2 fully saturated rings. The predicted octanol–water partition coefficient (Wildman–Crippen LogP) is 2.54. The fourth-order valence-corrected chi connectivity index (χ4v) is 3.90. The lowest BCUT2D eigenvalue weighted by Gasteiger charge is -2.10. The molecule has 6 heteroatoms. The molecule has 0 aromatic carbocycles. The van der Waals surface area contributed by atoms with Crippen molar-refractivity contribution in [1.82, 2.24) is 10.6 Å². The van der Waals surface area contributed by atoms with Crippen molar-refractivity contribution >= 4 is 23.3 Å². The Balaban J connectivity index is 1.57. The van der Waals surface area contributed by atoms with E-state index in [1.165, 1.54) is 12.8 Å². The molecule has 0 bridgehead atoms. The Morgan fingerprint density at radius 1 is 1.25 bits per heavy atom. The van der Waals surface area contributed by atoms with Crippen LogP contribution in [0.5, 0.6) is 0 Å². The number of carbonyl (C=O) groups excluding carboxylic acids is 1. The summed E-state index contributed by atoms with van der Waals surface area (Å²) >= 11 is 1.54. The molecule has 1 aromatic rings. The van der Waals surface area contributed by atoms with Gasteiger partial charge in [0.05, 0.1) is 5.56 Å². The van der Waals surface area contributed by atoms with Gasteiger partial charge in [0.25, 0.3) is 5.91 Å². The number of nitrogens with one attached hydrogen (secondary N) is 2. The van der Waals surface area contributed by atoms with Gasteiger partial charge in [-0.3, -0.25) is 4.79 Å². The van der Waals surface area contributed by atoms with E-state index in [1.807, 2.05) is 11.4 Å². The predicted molar refractivity (Wildman–Crippen MR) is 76.3 cm³/mol. The fraction of sp³-hybridized carbons (Fsp3) is 0.571. The minimum atomic E-state index is -0.978. The highest BCUT2D eigenvalue weighted by Gasteiger charge is 2.40. The van der Waals surface area contributed by atoms with Gasteiger partial charge in [0.1, 0.15) is 0 Å². The van der Waals surface area contributed by atoms with E-state index >= 15 is 0 Å². The van der Waals surface area contributed by atoms with Crippen molar-refractivity contribution in [3.05, 3.63) is 21.9 Å². The molecule has 2 amide bonds. The summed E-state index contributed by atoms with van der Waals surface area (Å²) in [5.74, 6) is 0.243. The zero-order valence-corrected chi connectivity index (χ0v) is 11.9. The van der Waals surface area contributed by atoms with Crippen LogP contribution in [0.4, 0.5) is 4.79 Å². The Morgan fingerprint density at radius 3 is 2.70 bits per heavy atom. The summed E-state index contributed by atoms with van der Waals surface area (Å²) in [6, 6.07) is 2.24. The highest BCUT2D eigenvalue weighted by molar-refractivity contribution is 7.10.